The van der Waals surface area contributed by atoms with Crippen molar-refractivity contribution in [3.05, 3.63) is 114 Å². The number of hydrogen-bond acceptors (Lipinski definition) is 7. The Hall–Kier alpha value is -4.14. The Balaban J connectivity index is 0.000000338. The van der Waals surface area contributed by atoms with Crippen LogP contribution in [0, 0.1) is 60.5 Å². The quantitative estimate of drug-likeness (QED) is 0.127. The maximum atomic E-state index is 12.1. The molecule has 0 aliphatic carbocycles. The molecule has 0 radical (unpaired) electrons. The Morgan fingerprint density at radius 1 is 1.15 bits per heavy atom. The normalized spacial score (nSPS) is 13.6. The number of benzene rings is 3. The van der Waals surface area contributed by atoms with Gasteiger partial charge in [-0.2, -0.15) is 18.4 Å². The van der Waals surface area contributed by atoms with Gasteiger partial charge in [-0.05, 0) is 63.0 Å². The summed E-state index contributed by atoms with van der Waals surface area (Å²) in [6, 6.07) is 26.1. The number of morpholine rings is 1. The van der Waals surface area contributed by atoms with Crippen LogP contribution < -0.4 is 10.6 Å². The standard InChI is InChI=1S/C13H11N3O2.C8H6F3NO.C6H5F.C6H10N2O.Er/c1-2-15(10-18)13-8-11(9-17)14-16(13)12-6-4-3-5-7-12;9-8(10,11)6-3-1-2-5(4-6)7(12)13;7-6-4-2-1-3-5-6;1-8-2-3-9-5-6(8)4-7;/h3-7,9H,2H2,1H3;1-4H,(H2,12,13);1-5H;6H,2-3,5H2,1H3;/q-2;;;;. The van der Waals surface area contributed by atoms with E-state index in [1.165, 1.54) is 27.8 Å². The third-order valence-corrected chi connectivity index (χ3v) is 6.20. The van der Waals surface area contributed by atoms with E-state index < -0.39 is 17.6 Å². The van der Waals surface area contributed by atoms with Crippen molar-refractivity contribution in [2.45, 2.75) is 19.1 Å². The van der Waals surface area contributed by atoms with Crippen molar-refractivity contribution < 1.29 is 74.0 Å². The fourth-order valence-corrected chi connectivity index (χ4v) is 3.68. The molecule has 1 saturated heterocycles. The molecular weight excluding hydrogens is 788 g/mol. The molecule has 1 unspecified atom stereocenters. The second-order valence-corrected chi connectivity index (χ2v) is 9.47. The summed E-state index contributed by atoms with van der Waals surface area (Å²) in [6.07, 6.45) is -2.05. The first-order chi connectivity index (χ1) is 22.4. The van der Waals surface area contributed by atoms with Gasteiger partial charge >= 0.3 is 6.18 Å². The van der Waals surface area contributed by atoms with Gasteiger partial charge in [-0.15, -0.1) is 5.82 Å². The molecule has 260 valence electrons. The number of anilines is 1. The Labute approximate surface area is 305 Å². The molecule has 48 heavy (non-hydrogen) atoms. The molecule has 1 aromatic heterocycles. The van der Waals surface area contributed by atoms with Crippen LogP contribution in [0.3, 0.4) is 0 Å². The van der Waals surface area contributed by atoms with Gasteiger partial charge in [0.2, 0.25) is 5.91 Å². The number of alkyl halides is 3. The van der Waals surface area contributed by atoms with Crippen LogP contribution in [-0.4, -0.2) is 72.7 Å². The molecule has 10 nitrogen and oxygen atoms in total. The van der Waals surface area contributed by atoms with Gasteiger partial charge in [0.05, 0.1) is 31.3 Å². The van der Waals surface area contributed by atoms with Crippen LogP contribution >= 0.6 is 0 Å². The van der Waals surface area contributed by atoms with Crippen LogP contribution in [0.15, 0.2) is 84.9 Å². The molecule has 2 amide bonds. The van der Waals surface area contributed by atoms with Gasteiger partial charge in [-0.3, -0.25) is 15.8 Å². The van der Waals surface area contributed by atoms with E-state index in [1.807, 2.05) is 49.2 Å². The average molecular weight is 820 g/mol. The average Bonchev–Trinajstić information content (AvgIpc) is 3.51. The SMILES string of the molecule is CCN([C-]=O)c1[c-]c(C=O)nn1-c1ccccc1.CN1CCOCC1C#N.Fc1ccccc1.NC(=O)c1cccc(C(F)(F)F)c1.[Er]. The third kappa shape index (κ3) is 13.9. The number of rotatable bonds is 6. The smallest absolute Gasteiger partial charge is 0.416 e. The second-order valence-electron chi connectivity index (χ2n) is 9.47. The number of nitriles is 1. The molecular formula is C33H32ErF4N6O4-2. The van der Waals surface area contributed by atoms with Crippen LogP contribution in [0.4, 0.5) is 23.4 Å². The van der Waals surface area contributed by atoms with Gasteiger partial charge in [-0.1, -0.05) is 48.2 Å². The molecule has 0 saturated carbocycles. The summed E-state index contributed by atoms with van der Waals surface area (Å²) >= 11 is 0. The predicted octanol–water partition coefficient (Wildman–Crippen LogP) is 4.85. The van der Waals surface area contributed by atoms with Gasteiger partial charge in [0.25, 0.3) is 0 Å². The molecule has 2 N–H and O–H groups in total. The van der Waals surface area contributed by atoms with Crippen molar-refractivity contribution in [1.82, 2.24) is 14.7 Å². The molecule has 5 rings (SSSR count). The molecule has 15 heteroatoms. The van der Waals surface area contributed by atoms with Crippen molar-refractivity contribution in [3.63, 3.8) is 0 Å². The van der Waals surface area contributed by atoms with Crippen LogP contribution in [0.25, 0.3) is 5.69 Å². The largest absolute Gasteiger partial charge is 0.477 e. The van der Waals surface area contributed by atoms with E-state index in [9.17, 15) is 31.9 Å². The first-order valence-electron chi connectivity index (χ1n) is 14.0. The zero-order valence-corrected chi connectivity index (χ0v) is 27.7. The summed E-state index contributed by atoms with van der Waals surface area (Å²) < 4.78 is 54.7. The zero-order valence-electron chi connectivity index (χ0n) is 25.8. The topological polar surface area (TPSA) is 135 Å². The number of hydrogen-bond donors (Lipinski definition) is 1. The van der Waals surface area contributed by atoms with Crippen LogP contribution in [0.2, 0.25) is 0 Å². The van der Waals surface area contributed by atoms with E-state index in [-0.39, 0.29) is 60.4 Å². The summed E-state index contributed by atoms with van der Waals surface area (Å²) in [5.41, 5.74) is 4.71. The number of carbonyl (C=O) groups is 2. The van der Waals surface area contributed by atoms with E-state index in [1.54, 1.807) is 24.6 Å². The minimum absolute atomic E-state index is 0. The van der Waals surface area contributed by atoms with Gasteiger partial charge in [0.15, 0.2) is 0 Å². The maximum Gasteiger partial charge on any atom is 0.416 e. The first-order valence-corrected chi connectivity index (χ1v) is 14.0. The van der Waals surface area contributed by atoms with E-state index in [0.29, 0.717) is 25.3 Å². The van der Waals surface area contributed by atoms with Crippen molar-refractivity contribution >= 4 is 24.4 Å². The molecule has 1 atom stereocenters. The first kappa shape index (κ1) is 41.9. The summed E-state index contributed by atoms with van der Waals surface area (Å²) in [5.74, 6) is -0.644. The predicted molar refractivity (Wildman–Crippen MR) is 166 cm³/mol. The number of nitrogens with zero attached hydrogens (tertiary/aromatic N) is 5. The molecule has 1 fully saturated rings. The van der Waals surface area contributed by atoms with Crippen molar-refractivity contribution in [2.75, 3.05) is 38.3 Å². The molecule has 1 aliphatic rings. The minimum atomic E-state index is -4.44. The summed E-state index contributed by atoms with van der Waals surface area (Å²) in [4.78, 5) is 35.5. The van der Waals surface area contributed by atoms with Crippen molar-refractivity contribution in [1.29, 1.82) is 5.26 Å². The molecule has 1 aliphatic heterocycles. The van der Waals surface area contributed by atoms with Crippen molar-refractivity contribution in [2.24, 2.45) is 5.73 Å². The summed E-state index contributed by atoms with van der Waals surface area (Å²) in [7, 11) is 1.94. The van der Waals surface area contributed by atoms with E-state index >= 15 is 0 Å². The molecule has 4 aromatic rings. The molecule has 0 bridgehead atoms. The molecule has 3 aromatic carbocycles. The zero-order chi connectivity index (χ0) is 34.8. The van der Waals surface area contributed by atoms with Crippen molar-refractivity contribution in [3.8, 4) is 11.8 Å². The number of carbonyl (C=O) groups excluding carboxylic acids is 3. The number of halogens is 4. The fraction of sp³-hybridized carbons (Fsp3) is 0.242. The van der Waals surface area contributed by atoms with E-state index in [2.05, 4.69) is 17.2 Å². The van der Waals surface area contributed by atoms with Crippen LogP contribution in [-0.2, 0) is 15.7 Å². The number of para-hydroxylation sites is 1. The number of amides is 2. The Morgan fingerprint density at radius 3 is 2.21 bits per heavy atom. The number of ether oxygens (including phenoxy) is 1. The maximum absolute atomic E-state index is 12.1. The number of likely N-dealkylation sites (N-methyl/N-ethyl adjacent to an activating group) is 1. The summed E-state index contributed by atoms with van der Waals surface area (Å²) in [5, 5.41) is 12.6. The number of primary amides is 1. The molecule has 2 heterocycles. The van der Waals surface area contributed by atoms with Gasteiger partial charge in [0, 0.05) is 61.4 Å². The molecule has 0 spiro atoms. The number of aromatic nitrogens is 2. The monoisotopic (exact) mass is 818 g/mol. The number of aldehydes is 1. The van der Waals surface area contributed by atoms with Gasteiger partial charge < -0.3 is 29.6 Å². The summed E-state index contributed by atoms with van der Waals surface area (Å²) in [6.45, 7) is 4.43. The third-order valence-electron chi connectivity index (χ3n) is 6.20. The van der Waals surface area contributed by atoms with Crippen LogP contribution in [0.1, 0.15) is 33.3 Å². The Bertz CT molecular complexity index is 1600. The Morgan fingerprint density at radius 2 is 1.77 bits per heavy atom. The van der Waals surface area contributed by atoms with Crippen LogP contribution in [0.5, 0.6) is 0 Å². The number of nitrogens with two attached hydrogens (primary N) is 1. The van der Waals surface area contributed by atoms with Gasteiger partial charge in [0.1, 0.15) is 11.9 Å². The van der Waals surface area contributed by atoms with E-state index in [4.69, 9.17) is 15.7 Å². The second kappa shape index (κ2) is 21.7. The minimum Gasteiger partial charge on any atom is -0.477 e. The van der Waals surface area contributed by atoms with Gasteiger partial charge in [-0.25, -0.2) is 9.49 Å². The van der Waals surface area contributed by atoms with E-state index in [0.717, 1.165) is 37.0 Å². The fourth-order valence-electron chi connectivity index (χ4n) is 3.68. The Kier molecular flexibility index (Phi) is 18.9.